The summed E-state index contributed by atoms with van der Waals surface area (Å²) in [6.45, 7) is 3.54. The highest BCUT2D eigenvalue weighted by atomic mass is 35.5. The van der Waals surface area contributed by atoms with E-state index in [-0.39, 0.29) is 12.5 Å². The van der Waals surface area contributed by atoms with Crippen molar-refractivity contribution in [2.45, 2.75) is 0 Å². The Bertz CT molecular complexity index is 781. The number of aromatic nitrogens is 2. The van der Waals surface area contributed by atoms with Gasteiger partial charge in [0.25, 0.3) is 5.91 Å². The van der Waals surface area contributed by atoms with Crippen LogP contribution in [0.15, 0.2) is 30.6 Å². The van der Waals surface area contributed by atoms with E-state index in [1.807, 2.05) is 0 Å². The normalized spacial score (nSPS) is 15.0. The highest BCUT2D eigenvalue weighted by Crippen LogP contribution is 2.27. The molecule has 9 heteroatoms. The van der Waals surface area contributed by atoms with E-state index in [2.05, 4.69) is 32.1 Å². The zero-order valence-corrected chi connectivity index (χ0v) is 15.8. The summed E-state index contributed by atoms with van der Waals surface area (Å²) in [6.07, 6.45) is 1.44. The Morgan fingerprint density at radius 1 is 1.19 bits per heavy atom. The molecule has 0 aliphatic carbocycles. The molecular formula is C17H19Cl2N5O2. The molecule has 1 saturated heterocycles. The number of piperazine rings is 1. The second-order valence-corrected chi connectivity index (χ2v) is 6.81. The molecule has 7 nitrogen and oxygen atoms in total. The van der Waals surface area contributed by atoms with Crippen LogP contribution < -0.4 is 15.0 Å². The van der Waals surface area contributed by atoms with Crippen LogP contribution in [0.1, 0.15) is 0 Å². The number of benzene rings is 1. The molecule has 1 aromatic heterocycles. The quantitative estimate of drug-likeness (QED) is 0.838. The predicted octanol–water partition coefficient (Wildman–Crippen LogP) is 2.55. The molecular weight excluding hydrogens is 377 g/mol. The first kappa shape index (κ1) is 18.7. The summed E-state index contributed by atoms with van der Waals surface area (Å²) in [6, 6.07) is 6.59. The van der Waals surface area contributed by atoms with Crippen LogP contribution in [-0.2, 0) is 4.79 Å². The van der Waals surface area contributed by atoms with Gasteiger partial charge in [-0.3, -0.25) is 4.79 Å². The molecule has 0 radical (unpaired) electrons. The third-order valence-corrected chi connectivity index (χ3v) is 4.53. The Hall–Kier alpha value is -2.09. The number of hydrogen-bond acceptors (Lipinski definition) is 6. The molecule has 0 saturated carbocycles. The van der Waals surface area contributed by atoms with Crippen molar-refractivity contribution in [1.82, 2.24) is 14.9 Å². The number of anilines is 2. The van der Waals surface area contributed by atoms with Crippen LogP contribution in [0.2, 0.25) is 10.0 Å². The van der Waals surface area contributed by atoms with E-state index in [1.165, 1.54) is 6.33 Å². The number of hydrogen-bond donors (Lipinski definition) is 1. The number of nitrogens with zero attached hydrogens (tertiary/aromatic N) is 4. The first-order valence-corrected chi connectivity index (χ1v) is 8.90. The van der Waals surface area contributed by atoms with Crippen molar-refractivity contribution in [2.24, 2.45) is 0 Å². The van der Waals surface area contributed by atoms with E-state index in [0.29, 0.717) is 21.6 Å². The standard InChI is InChI=1S/C17H19Cl2N5O2/c1-23-4-6-24(7-5-23)16-9-15(20-11-21-16)22-17(25)10-26-14-3-2-12(18)8-13(14)19/h2-3,8-9,11H,4-7,10H2,1H3,(H,20,21,22,25). The van der Waals surface area contributed by atoms with Gasteiger partial charge in [-0.05, 0) is 25.2 Å². The fourth-order valence-corrected chi connectivity index (χ4v) is 3.00. The molecule has 0 spiro atoms. The van der Waals surface area contributed by atoms with Crippen LogP contribution in [-0.4, -0.2) is 60.6 Å². The maximum Gasteiger partial charge on any atom is 0.263 e. The molecule has 0 bridgehead atoms. The monoisotopic (exact) mass is 395 g/mol. The van der Waals surface area contributed by atoms with Gasteiger partial charge in [0.1, 0.15) is 23.7 Å². The third-order valence-electron chi connectivity index (χ3n) is 4.00. The van der Waals surface area contributed by atoms with Crippen LogP contribution >= 0.6 is 23.2 Å². The molecule has 1 amide bonds. The Morgan fingerprint density at radius 2 is 1.96 bits per heavy atom. The molecule has 1 aliphatic rings. The number of likely N-dealkylation sites (N-methyl/N-ethyl adjacent to an activating group) is 1. The molecule has 1 aromatic carbocycles. The second-order valence-electron chi connectivity index (χ2n) is 5.96. The van der Waals surface area contributed by atoms with Crippen molar-refractivity contribution in [3.63, 3.8) is 0 Å². The van der Waals surface area contributed by atoms with E-state index < -0.39 is 0 Å². The molecule has 1 aliphatic heterocycles. The van der Waals surface area contributed by atoms with Gasteiger partial charge in [-0.15, -0.1) is 0 Å². The summed E-state index contributed by atoms with van der Waals surface area (Å²) < 4.78 is 5.42. The summed E-state index contributed by atoms with van der Waals surface area (Å²) in [5.74, 6) is 1.29. The lowest BCUT2D eigenvalue weighted by molar-refractivity contribution is -0.118. The first-order chi connectivity index (χ1) is 12.5. The summed E-state index contributed by atoms with van der Waals surface area (Å²) in [7, 11) is 2.09. The topological polar surface area (TPSA) is 70.6 Å². The summed E-state index contributed by atoms with van der Waals surface area (Å²) in [4.78, 5) is 24.9. The SMILES string of the molecule is CN1CCN(c2cc(NC(=O)COc3ccc(Cl)cc3Cl)ncn2)CC1. The maximum absolute atomic E-state index is 12.1. The van der Waals surface area contributed by atoms with E-state index in [1.54, 1.807) is 24.3 Å². The van der Waals surface area contributed by atoms with Gasteiger partial charge in [0.2, 0.25) is 0 Å². The molecule has 3 rings (SSSR count). The van der Waals surface area contributed by atoms with E-state index in [4.69, 9.17) is 27.9 Å². The van der Waals surface area contributed by atoms with Gasteiger partial charge >= 0.3 is 0 Å². The molecule has 0 atom stereocenters. The van der Waals surface area contributed by atoms with Gasteiger partial charge in [-0.25, -0.2) is 9.97 Å². The van der Waals surface area contributed by atoms with E-state index in [9.17, 15) is 4.79 Å². The molecule has 1 N–H and O–H groups in total. The zero-order valence-electron chi connectivity index (χ0n) is 14.3. The van der Waals surface area contributed by atoms with Gasteiger partial charge < -0.3 is 19.9 Å². The average Bonchev–Trinajstić information content (AvgIpc) is 2.62. The number of carbonyl (C=O) groups excluding carboxylic acids is 1. The van der Waals surface area contributed by atoms with Gasteiger partial charge in [0, 0.05) is 37.3 Å². The van der Waals surface area contributed by atoms with Gasteiger partial charge in [0.15, 0.2) is 6.61 Å². The lowest BCUT2D eigenvalue weighted by atomic mass is 10.3. The minimum absolute atomic E-state index is 0.185. The summed E-state index contributed by atoms with van der Waals surface area (Å²) in [5, 5.41) is 3.57. The molecule has 138 valence electrons. The van der Waals surface area contributed by atoms with Crippen LogP contribution in [0.4, 0.5) is 11.6 Å². The number of nitrogens with one attached hydrogen (secondary N) is 1. The number of ether oxygens (including phenoxy) is 1. The molecule has 2 aromatic rings. The number of amides is 1. The van der Waals surface area contributed by atoms with Gasteiger partial charge in [0.05, 0.1) is 5.02 Å². The number of carbonyl (C=O) groups is 1. The van der Waals surface area contributed by atoms with Crippen molar-refractivity contribution < 1.29 is 9.53 Å². The molecule has 2 heterocycles. The Balaban J connectivity index is 1.56. The second kappa shape index (κ2) is 8.53. The number of rotatable bonds is 5. The average molecular weight is 396 g/mol. The highest BCUT2D eigenvalue weighted by Gasteiger charge is 2.16. The van der Waals surface area contributed by atoms with E-state index >= 15 is 0 Å². The fourth-order valence-electron chi connectivity index (χ4n) is 2.54. The van der Waals surface area contributed by atoms with Crippen molar-refractivity contribution >= 4 is 40.7 Å². The molecule has 1 fully saturated rings. The van der Waals surface area contributed by atoms with Crippen molar-refractivity contribution in [3.8, 4) is 5.75 Å². The predicted molar refractivity (Wildman–Crippen MR) is 102 cm³/mol. The minimum atomic E-state index is -0.334. The smallest absolute Gasteiger partial charge is 0.263 e. The summed E-state index contributed by atoms with van der Waals surface area (Å²) in [5.41, 5.74) is 0. The largest absolute Gasteiger partial charge is 0.482 e. The van der Waals surface area contributed by atoms with Crippen LogP contribution in [0.5, 0.6) is 5.75 Å². The zero-order chi connectivity index (χ0) is 18.5. The van der Waals surface area contributed by atoms with Crippen LogP contribution in [0.25, 0.3) is 0 Å². The maximum atomic E-state index is 12.1. The molecule has 0 unspecified atom stereocenters. The van der Waals surface area contributed by atoms with Gasteiger partial charge in [-0.2, -0.15) is 0 Å². The lowest BCUT2D eigenvalue weighted by Crippen LogP contribution is -2.44. The first-order valence-electron chi connectivity index (χ1n) is 8.14. The van der Waals surface area contributed by atoms with Crippen LogP contribution in [0.3, 0.4) is 0 Å². The Labute approximate surface area is 161 Å². The molecule has 26 heavy (non-hydrogen) atoms. The fraction of sp³-hybridized carbons (Fsp3) is 0.353. The number of halogens is 2. The minimum Gasteiger partial charge on any atom is -0.482 e. The Kier molecular flexibility index (Phi) is 6.13. The van der Waals surface area contributed by atoms with Crippen molar-refractivity contribution in [1.29, 1.82) is 0 Å². The van der Waals surface area contributed by atoms with Crippen LogP contribution in [0, 0.1) is 0 Å². The Morgan fingerprint density at radius 3 is 2.69 bits per heavy atom. The van der Waals surface area contributed by atoms with Crippen molar-refractivity contribution in [2.75, 3.05) is 50.1 Å². The lowest BCUT2D eigenvalue weighted by Gasteiger charge is -2.33. The van der Waals surface area contributed by atoms with Gasteiger partial charge in [-0.1, -0.05) is 23.2 Å². The summed E-state index contributed by atoms with van der Waals surface area (Å²) >= 11 is 11.9. The van der Waals surface area contributed by atoms with E-state index in [0.717, 1.165) is 32.0 Å². The van der Waals surface area contributed by atoms with Crippen molar-refractivity contribution in [3.05, 3.63) is 40.6 Å². The third kappa shape index (κ3) is 4.97. The highest BCUT2D eigenvalue weighted by molar-refractivity contribution is 6.35.